The van der Waals surface area contributed by atoms with Crippen molar-refractivity contribution in [3.63, 3.8) is 0 Å². The number of nitrogens with zero attached hydrogens (tertiary/aromatic N) is 9. The van der Waals surface area contributed by atoms with Crippen LogP contribution in [-0.4, -0.2) is 84.6 Å². The van der Waals surface area contributed by atoms with E-state index in [1.165, 1.54) is 29.0 Å². The highest BCUT2D eigenvalue weighted by atomic mass is 32.2. The van der Waals surface area contributed by atoms with Crippen LogP contribution in [-0.2, 0) is 16.6 Å². The maximum absolute atomic E-state index is 14.1. The Labute approximate surface area is 222 Å². The van der Waals surface area contributed by atoms with E-state index < -0.39 is 15.8 Å². The second-order valence-electron chi connectivity index (χ2n) is 9.45. The first-order chi connectivity index (χ1) is 18.6. The first kappa shape index (κ1) is 24.9. The van der Waals surface area contributed by atoms with Crippen LogP contribution in [0.2, 0.25) is 0 Å². The normalized spacial score (nSPS) is 15.0. The van der Waals surface area contributed by atoms with E-state index in [2.05, 4.69) is 25.1 Å². The molecule has 3 N–H and O–H groups in total. The molecule has 15 heteroatoms. The third-order valence-corrected chi connectivity index (χ3v) is 8.05. The predicted molar refractivity (Wildman–Crippen MR) is 142 cm³/mol. The van der Waals surface area contributed by atoms with Crippen molar-refractivity contribution in [1.82, 2.24) is 38.7 Å². The van der Waals surface area contributed by atoms with Gasteiger partial charge in [-0.15, -0.1) is 0 Å². The fraction of sp³-hybridized carbons (Fsp3) is 0.292. The molecule has 39 heavy (non-hydrogen) atoms. The molecule has 0 unspecified atom stereocenters. The Bertz CT molecular complexity index is 1820. The number of anilines is 2. The smallest absolute Gasteiger partial charge is 0.211 e. The van der Waals surface area contributed by atoms with Crippen LogP contribution < -0.4 is 10.6 Å². The highest BCUT2D eigenvalue weighted by Gasteiger charge is 2.27. The molecule has 0 radical (unpaired) electrons. The van der Waals surface area contributed by atoms with Gasteiger partial charge in [-0.25, -0.2) is 37.0 Å². The number of aryl methyl sites for hydroxylation is 1. The minimum atomic E-state index is -3.27. The summed E-state index contributed by atoms with van der Waals surface area (Å²) in [4.78, 5) is 15.3. The van der Waals surface area contributed by atoms with E-state index in [0.717, 1.165) is 17.1 Å². The van der Waals surface area contributed by atoms with Gasteiger partial charge in [0.05, 0.1) is 11.6 Å². The fourth-order valence-corrected chi connectivity index (χ4v) is 5.73. The molecule has 202 valence electrons. The Balaban J connectivity index is 1.43. The van der Waals surface area contributed by atoms with E-state index in [-0.39, 0.29) is 18.1 Å². The molecule has 0 amide bonds. The van der Waals surface area contributed by atoms with Crippen LogP contribution in [0.25, 0.3) is 27.8 Å². The largest absolute Gasteiger partial charge is 0.508 e. The molecular weight excluding hydrogens is 527 g/mol. The summed E-state index contributed by atoms with van der Waals surface area (Å²) in [5.74, 6) is 0.401. The van der Waals surface area contributed by atoms with Gasteiger partial charge < -0.3 is 15.7 Å². The van der Waals surface area contributed by atoms with Gasteiger partial charge in [-0.1, -0.05) is 0 Å². The van der Waals surface area contributed by atoms with E-state index in [1.807, 2.05) is 19.2 Å². The topological polar surface area (TPSA) is 161 Å². The fourth-order valence-electron chi connectivity index (χ4n) is 4.91. The van der Waals surface area contributed by atoms with Gasteiger partial charge in [0.1, 0.15) is 41.5 Å². The Morgan fingerprint density at radius 1 is 1.10 bits per heavy atom. The molecule has 0 spiro atoms. The third kappa shape index (κ3) is 4.48. The van der Waals surface area contributed by atoms with Crippen molar-refractivity contribution in [2.24, 2.45) is 0 Å². The summed E-state index contributed by atoms with van der Waals surface area (Å²) in [6.45, 7) is 3.74. The van der Waals surface area contributed by atoms with Gasteiger partial charge in [-0.2, -0.15) is 14.5 Å². The number of halogens is 1. The van der Waals surface area contributed by atoms with E-state index in [1.54, 1.807) is 9.20 Å². The second kappa shape index (κ2) is 9.13. The molecule has 1 fully saturated rings. The Morgan fingerprint density at radius 3 is 2.59 bits per heavy atom. The monoisotopic (exact) mass is 552 g/mol. The lowest BCUT2D eigenvalue weighted by molar-refractivity contribution is 0.387. The zero-order valence-corrected chi connectivity index (χ0v) is 22.0. The number of aromatic hydroxyl groups is 1. The Kier molecular flexibility index (Phi) is 5.84. The summed E-state index contributed by atoms with van der Waals surface area (Å²) < 4.78 is 42.9. The van der Waals surface area contributed by atoms with Crippen LogP contribution in [0.5, 0.6) is 5.75 Å². The number of piperazine rings is 1. The highest BCUT2D eigenvalue weighted by molar-refractivity contribution is 7.88. The summed E-state index contributed by atoms with van der Waals surface area (Å²) in [6.07, 6.45) is 4.37. The van der Waals surface area contributed by atoms with Crippen LogP contribution in [0.1, 0.15) is 11.4 Å². The summed E-state index contributed by atoms with van der Waals surface area (Å²) in [5, 5.41) is 19.7. The van der Waals surface area contributed by atoms with Crippen molar-refractivity contribution in [3.05, 3.63) is 54.0 Å². The molecule has 5 heterocycles. The van der Waals surface area contributed by atoms with Crippen LogP contribution in [0.4, 0.5) is 16.0 Å². The van der Waals surface area contributed by atoms with Gasteiger partial charge in [-0.3, -0.25) is 0 Å². The molecule has 1 aliphatic rings. The average Bonchev–Trinajstić information content (AvgIpc) is 3.44. The number of rotatable bonds is 5. The van der Waals surface area contributed by atoms with Gasteiger partial charge in [-0.05, 0) is 30.7 Å². The number of aromatic nitrogens is 7. The maximum atomic E-state index is 14.1. The number of fused-ring (bicyclic) bond motifs is 2. The number of sulfonamides is 1. The van der Waals surface area contributed by atoms with Gasteiger partial charge in [0.25, 0.3) is 0 Å². The SMILES string of the molecule is Cc1ccn2nc(Cn3nc(-c4cc(O)cc(F)c4)c4c(N)ncnc43)nc(N3CCN(S(C)(=O)=O)CC3)c12. The standard InChI is InChI=1S/C24H25FN10O3S/c1-14-3-4-34-21(14)24(32-5-7-33(8-6-32)39(2,37)38)29-18(30-34)12-35-23-19(22(26)27-13-28-23)20(31-35)15-9-16(25)11-17(36)10-15/h3-4,9-11,13,36H,5-8,12H2,1-2H3,(H2,26,27,28). The number of hydrogen-bond acceptors (Lipinski definition) is 10. The molecule has 0 saturated carbocycles. The summed E-state index contributed by atoms with van der Waals surface area (Å²) in [5.41, 5.74) is 9.02. The first-order valence-electron chi connectivity index (χ1n) is 12.1. The Morgan fingerprint density at radius 2 is 1.87 bits per heavy atom. The van der Waals surface area contributed by atoms with Crippen molar-refractivity contribution in [2.75, 3.05) is 43.1 Å². The van der Waals surface area contributed by atoms with Crippen molar-refractivity contribution in [3.8, 4) is 17.0 Å². The molecule has 5 aromatic rings. The lowest BCUT2D eigenvalue weighted by Gasteiger charge is -2.34. The van der Waals surface area contributed by atoms with E-state index >= 15 is 0 Å². The van der Waals surface area contributed by atoms with Gasteiger partial charge in [0, 0.05) is 44.0 Å². The maximum Gasteiger partial charge on any atom is 0.211 e. The summed E-state index contributed by atoms with van der Waals surface area (Å²) >= 11 is 0. The van der Waals surface area contributed by atoms with E-state index in [4.69, 9.17) is 10.7 Å². The molecule has 13 nitrogen and oxygen atoms in total. The quantitative estimate of drug-likeness (QED) is 0.326. The number of nitrogen functional groups attached to an aromatic ring is 1. The van der Waals surface area contributed by atoms with Crippen LogP contribution in [0, 0.1) is 12.7 Å². The summed E-state index contributed by atoms with van der Waals surface area (Å²) in [7, 11) is -3.27. The van der Waals surface area contributed by atoms with E-state index in [0.29, 0.717) is 60.1 Å². The first-order valence-corrected chi connectivity index (χ1v) is 13.9. The molecule has 1 aromatic carbocycles. The van der Waals surface area contributed by atoms with Crippen molar-refractivity contribution < 1.29 is 17.9 Å². The van der Waals surface area contributed by atoms with Gasteiger partial charge in [0.15, 0.2) is 17.3 Å². The van der Waals surface area contributed by atoms with Crippen molar-refractivity contribution in [1.29, 1.82) is 0 Å². The van der Waals surface area contributed by atoms with Gasteiger partial charge in [0.2, 0.25) is 10.0 Å². The van der Waals surface area contributed by atoms with Gasteiger partial charge >= 0.3 is 0 Å². The highest BCUT2D eigenvalue weighted by Crippen LogP contribution is 2.33. The van der Waals surface area contributed by atoms with Crippen molar-refractivity contribution >= 4 is 38.2 Å². The van der Waals surface area contributed by atoms with Crippen LogP contribution in [0.15, 0.2) is 36.8 Å². The van der Waals surface area contributed by atoms with Crippen LogP contribution in [0.3, 0.4) is 0 Å². The van der Waals surface area contributed by atoms with Crippen LogP contribution >= 0.6 is 0 Å². The molecule has 0 aliphatic carbocycles. The molecule has 6 rings (SSSR count). The number of nitrogens with two attached hydrogens (primary N) is 1. The Hall–Kier alpha value is -4.37. The molecule has 1 aliphatic heterocycles. The zero-order chi connectivity index (χ0) is 27.5. The van der Waals surface area contributed by atoms with Crippen molar-refractivity contribution in [2.45, 2.75) is 13.5 Å². The molecule has 4 aromatic heterocycles. The molecule has 0 atom stereocenters. The molecular formula is C24H25FN10O3S. The number of hydrogen-bond donors (Lipinski definition) is 2. The zero-order valence-electron chi connectivity index (χ0n) is 21.2. The minimum Gasteiger partial charge on any atom is -0.508 e. The lowest BCUT2D eigenvalue weighted by atomic mass is 10.1. The molecule has 1 saturated heterocycles. The average molecular weight is 553 g/mol. The minimum absolute atomic E-state index is 0.109. The third-order valence-electron chi connectivity index (χ3n) is 6.75. The molecule has 0 bridgehead atoms. The number of phenols is 1. The van der Waals surface area contributed by atoms with E-state index in [9.17, 15) is 17.9 Å². The summed E-state index contributed by atoms with van der Waals surface area (Å²) in [6, 6.07) is 5.58. The number of benzene rings is 1. The predicted octanol–water partition coefficient (Wildman–Crippen LogP) is 1.40. The lowest BCUT2D eigenvalue weighted by Crippen LogP contribution is -2.48. The number of phenolic OH excluding ortho intramolecular Hbond substituents is 1. The second-order valence-corrected chi connectivity index (χ2v) is 11.4.